The molecule has 1 heterocycles. The highest BCUT2D eigenvalue weighted by molar-refractivity contribution is 6.05. The number of hydrogen-bond acceptors (Lipinski definition) is 4. The highest BCUT2D eigenvalue weighted by Gasteiger charge is 2.14. The number of para-hydroxylation sites is 2. The summed E-state index contributed by atoms with van der Waals surface area (Å²) in [5.74, 6) is 1.72. The lowest BCUT2D eigenvalue weighted by molar-refractivity contribution is 0.102. The highest BCUT2D eigenvalue weighted by atomic mass is 16.5. The van der Waals surface area contributed by atoms with Gasteiger partial charge in [0.15, 0.2) is 0 Å². The Morgan fingerprint density at radius 3 is 2.54 bits per heavy atom. The van der Waals surface area contributed by atoms with Crippen molar-refractivity contribution in [2.45, 2.75) is 13.5 Å². The van der Waals surface area contributed by atoms with Crippen molar-refractivity contribution >= 4 is 11.7 Å². The standard InChI is InChI=1S/C20H21N3O3/c1-2-23-19(12-13-21-23)22-20(24)17-10-6-7-11-18(17)26-15-14-25-16-8-4-3-5-9-16/h3-13H,2,14-15H2,1H3,(H,22,24). The summed E-state index contributed by atoms with van der Waals surface area (Å²) < 4.78 is 13.1. The Morgan fingerprint density at radius 2 is 1.73 bits per heavy atom. The zero-order valence-electron chi connectivity index (χ0n) is 14.6. The molecule has 0 radical (unpaired) electrons. The fourth-order valence-corrected chi connectivity index (χ4v) is 2.48. The molecule has 0 saturated carbocycles. The van der Waals surface area contributed by atoms with Crippen molar-refractivity contribution < 1.29 is 14.3 Å². The van der Waals surface area contributed by atoms with Crippen molar-refractivity contribution in [2.75, 3.05) is 18.5 Å². The average Bonchev–Trinajstić information content (AvgIpc) is 3.13. The molecule has 0 aliphatic rings. The number of carbonyl (C=O) groups is 1. The number of nitrogens with zero attached hydrogens (tertiary/aromatic N) is 2. The Morgan fingerprint density at radius 1 is 1.00 bits per heavy atom. The van der Waals surface area contributed by atoms with E-state index >= 15 is 0 Å². The van der Waals surface area contributed by atoms with Gasteiger partial charge in [0.1, 0.15) is 30.5 Å². The summed E-state index contributed by atoms with van der Waals surface area (Å²) >= 11 is 0. The molecule has 6 heteroatoms. The summed E-state index contributed by atoms with van der Waals surface area (Å²) in [5.41, 5.74) is 0.469. The van der Waals surface area contributed by atoms with Gasteiger partial charge < -0.3 is 14.8 Å². The summed E-state index contributed by atoms with van der Waals surface area (Å²) in [6.07, 6.45) is 1.66. The Labute approximate surface area is 152 Å². The molecule has 134 valence electrons. The molecule has 6 nitrogen and oxygen atoms in total. The quantitative estimate of drug-likeness (QED) is 0.630. The van der Waals surface area contributed by atoms with Gasteiger partial charge in [-0.15, -0.1) is 0 Å². The van der Waals surface area contributed by atoms with Crippen LogP contribution in [0, 0.1) is 0 Å². The molecule has 3 aromatic rings. The molecule has 0 aliphatic heterocycles. The molecule has 3 rings (SSSR count). The van der Waals surface area contributed by atoms with E-state index in [4.69, 9.17) is 9.47 Å². The first-order chi connectivity index (χ1) is 12.8. The molecule has 0 unspecified atom stereocenters. The van der Waals surface area contributed by atoms with E-state index in [-0.39, 0.29) is 5.91 Å². The van der Waals surface area contributed by atoms with Crippen molar-refractivity contribution in [2.24, 2.45) is 0 Å². The second-order valence-electron chi connectivity index (χ2n) is 5.49. The van der Waals surface area contributed by atoms with Crippen LogP contribution in [0.2, 0.25) is 0 Å². The van der Waals surface area contributed by atoms with Crippen molar-refractivity contribution in [3.05, 3.63) is 72.4 Å². The van der Waals surface area contributed by atoms with Crippen molar-refractivity contribution in [3.63, 3.8) is 0 Å². The van der Waals surface area contributed by atoms with Gasteiger partial charge in [-0.3, -0.25) is 4.79 Å². The van der Waals surface area contributed by atoms with E-state index in [1.54, 1.807) is 35.1 Å². The first kappa shape index (κ1) is 17.5. The summed E-state index contributed by atoms with van der Waals surface area (Å²) in [7, 11) is 0. The SMILES string of the molecule is CCn1nccc1NC(=O)c1ccccc1OCCOc1ccccc1. The monoisotopic (exact) mass is 351 g/mol. The van der Waals surface area contributed by atoms with Crippen LogP contribution in [-0.2, 0) is 6.54 Å². The number of carbonyl (C=O) groups excluding carboxylic acids is 1. The molecule has 2 aromatic carbocycles. The Kier molecular flexibility index (Phi) is 5.88. The smallest absolute Gasteiger partial charge is 0.260 e. The summed E-state index contributed by atoms with van der Waals surface area (Å²) in [5, 5.41) is 7.01. The van der Waals surface area contributed by atoms with Gasteiger partial charge in [0.05, 0.1) is 11.8 Å². The molecular formula is C20H21N3O3. The third-order valence-corrected chi connectivity index (χ3v) is 3.74. The predicted molar refractivity (Wildman–Crippen MR) is 99.7 cm³/mol. The number of aromatic nitrogens is 2. The predicted octanol–water partition coefficient (Wildman–Crippen LogP) is 3.61. The molecule has 0 spiro atoms. The number of aryl methyl sites for hydroxylation is 1. The van der Waals surface area contributed by atoms with E-state index in [9.17, 15) is 4.79 Å². The molecule has 26 heavy (non-hydrogen) atoms. The van der Waals surface area contributed by atoms with Crippen molar-refractivity contribution in [3.8, 4) is 11.5 Å². The van der Waals surface area contributed by atoms with Crippen LogP contribution in [0.3, 0.4) is 0 Å². The average molecular weight is 351 g/mol. The molecule has 1 N–H and O–H groups in total. The number of benzene rings is 2. The van der Waals surface area contributed by atoms with Crippen molar-refractivity contribution in [1.29, 1.82) is 0 Å². The maximum absolute atomic E-state index is 12.6. The van der Waals surface area contributed by atoms with Crippen LogP contribution in [0.5, 0.6) is 11.5 Å². The highest BCUT2D eigenvalue weighted by Crippen LogP contribution is 2.20. The van der Waals surface area contributed by atoms with Gasteiger partial charge in [0.2, 0.25) is 0 Å². The van der Waals surface area contributed by atoms with E-state index in [0.29, 0.717) is 36.9 Å². The Balaban J connectivity index is 1.59. The van der Waals surface area contributed by atoms with Crippen molar-refractivity contribution in [1.82, 2.24) is 9.78 Å². The minimum Gasteiger partial charge on any atom is -0.490 e. The van der Waals surface area contributed by atoms with Gasteiger partial charge >= 0.3 is 0 Å². The van der Waals surface area contributed by atoms with Gasteiger partial charge in [-0.1, -0.05) is 30.3 Å². The minimum absolute atomic E-state index is 0.236. The second kappa shape index (κ2) is 8.71. The lowest BCUT2D eigenvalue weighted by atomic mass is 10.2. The van der Waals surface area contributed by atoms with Crippen LogP contribution in [0.1, 0.15) is 17.3 Å². The number of ether oxygens (including phenoxy) is 2. The molecule has 1 aromatic heterocycles. The van der Waals surface area contributed by atoms with E-state index in [1.807, 2.05) is 43.3 Å². The Hall–Kier alpha value is -3.28. The van der Waals surface area contributed by atoms with Crippen LogP contribution in [0.15, 0.2) is 66.9 Å². The largest absolute Gasteiger partial charge is 0.490 e. The van der Waals surface area contributed by atoms with Crippen LogP contribution in [-0.4, -0.2) is 28.9 Å². The van der Waals surface area contributed by atoms with Crippen LogP contribution in [0.4, 0.5) is 5.82 Å². The van der Waals surface area contributed by atoms with Crippen LogP contribution >= 0.6 is 0 Å². The fourth-order valence-electron chi connectivity index (χ4n) is 2.48. The number of hydrogen-bond donors (Lipinski definition) is 1. The number of rotatable bonds is 8. The van der Waals surface area contributed by atoms with Gasteiger partial charge in [-0.2, -0.15) is 5.10 Å². The van der Waals surface area contributed by atoms with E-state index in [2.05, 4.69) is 10.4 Å². The van der Waals surface area contributed by atoms with E-state index in [0.717, 1.165) is 5.75 Å². The lowest BCUT2D eigenvalue weighted by Gasteiger charge is -2.12. The maximum Gasteiger partial charge on any atom is 0.260 e. The first-order valence-corrected chi connectivity index (χ1v) is 8.50. The summed E-state index contributed by atoms with van der Waals surface area (Å²) in [6.45, 7) is 3.37. The van der Waals surface area contributed by atoms with Crippen LogP contribution < -0.4 is 14.8 Å². The van der Waals surface area contributed by atoms with E-state index in [1.165, 1.54) is 0 Å². The molecule has 0 fully saturated rings. The molecule has 0 bridgehead atoms. The van der Waals surface area contributed by atoms with Gasteiger partial charge in [0, 0.05) is 12.6 Å². The van der Waals surface area contributed by atoms with Gasteiger partial charge in [-0.25, -0.2) is 4.68 Å². The lowest BCUT2D eigenvalue weighted by Crippen LogP contribution is -2.17. The van der Waals surface area contributed by atoms with Crippen LogP contribution in [0.25, 0.3) is 0 Å². The third kappa shape index (κ3) is 4.42. The van der Waals surface area contributed by atoms with E-state index < -0.39 is 0 Å². The topological polar surface area (TPSA) is 65.4 Å². The molecule has 0 aliphatic carbocycles. The first-order valence-electron chi connectivity index (χ1n) is 8.50. The fraction of sp³-hybridized carbons (Fsp3) is 0.200. The zero-order chi connectivity index (χ0) is 18.2. The Bertz CT molecular complexity index is 846. The molecular weight excluding hydrogens is 330 g/mol. The maximum atomic E-state index is 12.6. The number of amides is 1. The zero-order valence-corrected chi connectivity index (χ0v) is 14.6. The van der Waals surface area contributed by atoms with Gasteiger partial charge in [0.25, 0.3) is 5.91 Å². The summed E-state index contributed by atoms with van der Waals surface area (Å²) in [4.78, 5) is 12.6. The number of nitrogens with one attached hydrogen (secondary N) is 1. The van der Waals surface area contributed by atoms with Gasteiger partial charge in [-0.05, 0) is 31.2 Å². The molecule has 0 atom stereocenters. The normalized spacial score (nSPS) is 10.3. The number of anilines is 1. The minimum atomic E-state index is -0.236. The molecule has 0 saturated heterocycles. The second-order valence-corrected chi connectivity index (χ2v) is 5.49. The summed E-state index contributed by atoms with van der Waals surface area (Å²) in [6, 6.07) is 18.4. The third-order valence-electron chi connectivity index (χ3n) is 3.74. The molecule has 1 amide bonds.